The van der Waals surface area contributed by atoms with E-state index in [2.05, 4.69) is 14.4 Å². The first-order valence-corrected chi connectivity index (χ1v) is 9.07. The van der Waals surface area contributed by atoms with Gasteiger partial charge in [0.1, 0.15) is 9.09 Å². The van der Waals surface area contributed by atoms with Crippen molar-refractivity contribution >= 4 is 27.3 Å². The number of ether oxygens (including phenoxy) is 1. The molecule has 0 bridgehead atoms. The largest absolute Gasteiger partial charge is 0.465 e. The van der Waals surface area contributed by atoms with Gasteiger partial charge < -0.3 is 4.74 Å². The summed E-state index contributed by atoms with van der Waals surface area (Å²) in [5, 5.41) is 0. The summed E-state index contributed by atoms with van der Waals surface area (Å²) in [6.45, 7) is 8.11. The number of nitrogens with one attached hydrogen (secondary N) is 1. The molecule has 0 aliphatic heterocycles. The summed E-state index contributed by atoms with van der Waals surface area (Å²) in [4.78, 5) is 13.8. The molecular weight excluding hydrogens is 312 g/mol. The number of thiophene rings is 1. The highest BCUT2D eigenvalue weighted by atomic mass is 32.2. The van der Waals surface area contributed by atoms with Crippen LogP contribution in [0.5, 0.6) is 0 Å². The number of carbonyl (C=O) groups excluding carboxylic acids is 1. The Hall–Kier alpha value is -0.960. The molecule has 1 aromatic rings. The van der Waals surface area contributed by atoms with E-state index in [-0.39, 0.29) is 15.1 Å². The maximum atomic E-state index is 12.2. The summed E-state index contributed by atoms with van der Waals surface area (Å²) in [6, 6.07) is 2.98. The Labute approximate surface area is 130 Å². The molecule has 6 nitrogen and oxygen atoms in total. The normalized spacial score (nSPS) is 13.4. The maximum absolute atomic E-state index is 12.2. The predicted octanol–water partition coefficient (Wildman–Crippen LogP) is 1.54. The number of carbonyl (C=O) groups is 1. The summed E-state index contributed by atoms with van der Waals surface area (Å²) in [6.07, 6.45) is 0. The van der Waals surface area contributed by atoms with Crippen LogP contribution in [0.3, 0.4) is 0 Å². The van der Waals surface area contributed by atoms with E-state index >= 15 is 0 Å². The van der Waals surface area contributed by atoms with Gasteiger partial charge in [-0.3, -0.25) is 4.90 Å². The highest BCUT2D eigenvalue weighted by Crippen LogP contribution is 2.22. The molecule has 1 heterocycles. The summed E-state index contributed by atoms with van der Waals surface area (Å²) in [5.74, 6) is -0.530. The highest BCUT2D eigenvalue weighted by molar-refractivity contribution is 7.91. The average molecular weight is 334 g/mol. The summed E-state index contributed by atoms with van der Waals surface area (Å²) in [7, 11) is -2.33. The molecule has 8 heteroatoms. The first kappa shape index (κ1) is 18.1. The van der Waals surface area contributed by atoms with Crippen molar-refractivity contribution in [1.82, 2.24) is 9.62 Å². The summed E-state index contributed by atoms with van der Waals surface area (Å²) >= 11 is 0.905. The lowest BCUT2D eigenvalue weighted by Gasteiger charge is -2.26. The van der Waals surface area contributed by atoms with Crippen molar-refractivity contribution in [3.8, 4) is 0 Å². The van der Waals surface area contributed by atoms with Gasteiger partial charge in [0.2, 0.25) is 10.0 Å². The van der Waals surface area contributed by atoms with Gasteiger partial charge in [-0.05, 0) is 32.1 Å². The second kappa shape index (κ2) is 7.88. The standard InChI is InChI=1S/C13H22N2O4S2/c1-5-15(6-2)10(3)9-14-21(17,18)12-8-7-11(20-12)13(16)19-4/h7-8,10,14H,5-6,9H2,1-4H3. The van der Waals surface area contributed by atoms with Crippen LogP contribution in [0.15, 0.2) is 16.3 Å². The van der Waals surface area contributed by atoms with Crippen molar-refractivity contribution in [1.29, 1.82) is 0 Å². The molecule has 0 amide bonds. The van der Waals surface area contributed by atoms with Crippen molar-refractivity contribution in [3.05, 3.63) is 17.0 Å². The molecule has 0 radical (unpaired) electrons. The molecular formula is C13H22N2O4S2. The highest BCUT2D eigenvalue weighted by Gasteiger charge is 2.21. The van der Waals surface area contributed by atoms with Gasteiger partial charge in [-0.25, -0.2) is 17.9 Å². The third kappa shape index (κ3) is 4.77. The Balaban J connectivity index is 2.74. The molecule has 1 rings (SSSR count). The van der Waals surface area contributed by atoms with Crippen LogP contribution in [0.1, 0.15) is 30.4 Å². The number of nitrogens with zero attached hydrogens (tertiary/aromatic N) is 1. The molecule has 0 saturated carbocycles. The number of rotatable bonds is 8. The van der Waals surface area contributed by atoms with Crippen molar-refractivity contribution in [2.45, 2.75) is 31.0 Å². The molecule has 1 atom stereocenters. The Bertz CT molecular complexity index is 564. The van der Waals surface area contributed by atoms with E-state index in [1.165, 1.54) is 19.2 Å². The van der Waals surface area contributed by atoms with Crippen LogP contribution in [-0.4, -0.2) is 52.1 Å². The molecule has 0 aliphatic rings. The first-order chi connectivity index (χ1) is 9.85. The number of likely N-dealkylation sites (N-methyl/N-ethyl adjacent to an activating group) is 1. The van der Waals surface area contributed by atoms with E-state index < -0.39 is 16.0 Å². The van der Waals surface area contributed by atoms with Gasteiger partial charge in [0, 0.05) is 12.6 Å². The van der Waals surface area contributed by atoms with Gasteiger partial charge in [0.15, 0.2) is 0 Å². The first-order valence-electron chi connectivity index (χ1n) is 6.77. The minimum Gasteiger partial charge on any atom is -0.465 e. The zero-order valence-corrected chi connectivity index (χ0v) is 14.4. The minimum atomic E-state index is -3.59. The van der Waals surface area contributed by atoms with Gasteiger partial charge in [0.25, 0.3) is 0 Å². The van der Waals surface area contributed by atoms with Crippen LogP contribution in [0.2, 0.25) is 0 Å². The second-order valence-corrected chi connectivity index (χ2v) is 7.61. The van der Waals surface area contributed by atoms with Crippen molar-refractivity contribution in [2.75, 3.05) is 26.7 Å². The minimum absolute atomic E-state index is 0.106. The molecule has 21 heavy (non-hydrogen) atoms. The fraction of sp³-hybridized carbons (Fsp3) is 0.615. The summed E-state index contributed by atoms with van der Waals surface area (Å²) in [5.41, 5.74) is 0. The number of hydrogen-bond acceptors (Lipinski definition) is 6. The van der Waals surface area contributed by atoms with Crippen LogP contribution in [-0.2, 0) is 14.8 Å². The lowest BCUT2D eigenvalue weighted by atomic mass is 10.3. The van der Waals surface area contributed by atoms with Crippen molar-refractivity contribution in [2.24, 2.45) is 0 Å². The molecule has 0 aromatic carbocycles. The quantitative estimate of drug-likeness (QED) is 0.730. The molecule has 1 unspecified atom stereocenters. The fourth-order valence-corrected chi connectivity index (χ4v) is 4.34. The Kier molecular flexibility index (Phi) is 6.79. The van der Waals surface area contributed by atoms with E-state index in [1.54, 1.807) is 0 Å². The topological polar surface area (TPSA) is 75.7 Å². The van der Waals surface area contributed by atoms with Crippen molar-refractivity contribution < 1.29 is 17.9 Å². The zero-order valence-electron chi connectivity index (χ0n) is 12.8. The third-order valence-electron chi connectivity index (χ3n) is 3.24. The summed E-state index contributed by atoms with van der Waals surface area (Å²) < 4.78 is 31.7. The molecule has 1 aromatic heterocycles. The zero-order chi connectivity index (χ0) is 16.0. The van der Waals surface area contributed by atoms with Gasteiger partial charge in [-0.15, -0.1) is 11.3 Å². The molecule has 0 spiro atoms. The Morgan fingerprint density at radius 1 is 1.38 bits per heavy atom. The van der Waals surface area contributed by atoms with Crippen LogP contribution in [0.4, 0.5) is 0 Å². The van der Waals surface area contributed by atoms with Gasteiger partial charge in [0.05, 0.1) is 7.11 Å². The smallest absolute Gasteiger partial charge is 0.348 e. The van der Waals surface area contributed by atoms with Crippen LogP contribution in [0.25, 0.3) is 0 Å². The van der Waals surface area contributed by atoms with Crippen LogP contribution < -0.4 is 4.72 Å². The maximum Gasteiger partial charge on any atom is 0.348 e. The van der Waals surface area contributed by atoms with Gasteiger partial charge in [-0.2, -0.15) is 0 Å². The Morgan fingerprint density at radius 3 is 2.52 bits per heavy atom. The molecule has 0 fully saturated rings. The van der Waals surface area contributed by atoms with Gasteiger partial charge >= 0.3 is 5.97 Å². The van der Waals surface area contributed by atoms with E-state index in [0.717, 1.165) is 24.4 Å². The predicted molar refractivity (Wildman–Crippen MR) is 83.2 cm³/mol. The lowest BCUT2D eigenvalue weighted by Crippen LogP contribution is -2.41. The van der Waals surface area contributed by atoms with E-state index in [4.69, 9.17) is 0 Å². The number of hydrogen-bond donors (Lipinski definition) is 1. The molecule has 120 valence electrons. The number of sulfonamides is 1. The third-order valence-corrected chi connectivity index (χ3v) is 6.22. The van der Waals surface area contributed by atoms with E-state index in [0.29, 0.717) is 6.54 Å². The van der Waals surface area contributed by atoms with Crippen molar-refractivity contribution in [3.63, 3.8) is 0 Å². The SMILES string of the molecule is CCN(CC)C(C)CNS(=O)(=O)c1ccc(C(=O)OC)s1. The number of esters is 1. The van der Waals surface area contributed by atoms with Crippen LogP contribution >= 0.6 is 11.3 Å². The number of methoxy groups -OCH3 is 1. The van der Waals surface area contributed by atoms with Crippen LogP contribution in [0, 0.1) is 0 Å². The Morgan fingerprint density at radius 2 is 2.00 bits per heavy atom. The molecule has 0 saturated heterocycles. The van der Waals surface area contributed by atoms with E-state index in [9.17, 15) is 13.2 Å². The average Bonchev–Trinajstić information content (AvgIpc) is 2.96. The second-order valence-electron chi connectivity index (χ2n) is 4.53. The molecule has 1 N–H and O–H groups in total. The molecule has 0 aliphatic carbocycles. The fourth-order valence-electron chi connectivity index (χ4n) is 1.95. The monoisotopic (exact) mass is 334 g/mol. The lowest BCUT2D eigenvalue weighted by molar-refractivity contribution is 0.0606. The van der Waals surface area contributed by atoms with E-state index in [1.807, 2.05) is 20.8 Å². The van der Waals surface area contributed by atoms with Gasteiger partial charge in [-0.1, -0.05) is 13.8 Å².